The van der Waals surface area contributed by atoms with Crippen molar-refractivity contribution < 1.29 is 19.2 Å². The molecule has 1 aliphatic rings. The molecule has 1 atom stereocenters. The monoisotopic (exact) mass is 304 g/mol. The average molecular weight is 304 g/mol. The van der Waals surface area contributed by atoms with Gasteiger partial charge in [0, 0.05) is 29.7 Å². The number of esters is 1. The van der Waals surface area contributed by atoms with E-state index in [9.17, 15) is 19.7 Å². The minimum absolute atomic E-state index is 0.0314. The zero-order chi connectivity index (χ0) is 16.3. The Morgan fingerprint density at radius 3 is 2.77 bits per heavy atom. The molecule has 0 unspecified atom stereocenters. The van der Waals surface area contributed by atoms with Crippen molar-refractivity contribution in [3.8, 4) is 0 Å². The van der Waals surface area contributed by atoms with Crippen LogP contribution in [0.4, 0.5) is 5.69 Å². The van der Waals surface area contributed by atoms with E-state index in [0.717, 1.165) is 0 Å². The molecule has 1 N–H and O–H groups in total. The van der Waals surface area contributed by atoms with Crippen molar-refractivity contribution in [3.63, 3.8) is 0 Å². The van der Waals surface area contributed by atoms with Gasteiger partial charge in [-0.2, -0.15) is 0 Å². The highest BCUT2D eigenvalue weighted by Gasteiger charge is 2.35. The molecule has 2 rings (SSSR count). The van der Waals surface area contributed by atoms with E-state index in [0.29, 0.717) is 11.3 Å². The van der Waals surface area contributed by atoms with Gasteiger partial charge < -0.3 is 10.1 Å². The summed E-state index contributed by atoms with van der Waals surface area (Å²) in [6.07, 6.45) is -0.0314. The van der Waals surface area contributed by atoms with Crippen LogP contribution in [0.5, 0.6) is 0 Å². The number of allylic oxidation sites excluding steroid dienone is 1. The molecule has 1 amide bonds. The van der Waals surface area contributed by atoms with Crippen LogP contribution in [-0.4, -0.2) is 23.4 Å². The number of carbonyl (C=O) groups excluding carboxylic acids is 2. The van der Waals surface area contributed by atoms with Gasteiger partial charge in [0.05, 0.1) is 17.1 Å². The van der Waals surface area contributed by atoms with Gasteiger partial charge in [0.15, 0.2) is 0 Å². The summed E-state index contributed by atoms with van der Waals surface area (Å²) in [7, 11) is 0. The van der Waals surface area contributed by atoms with Crippen LogP contribution in [0, 0.1) is 10.1 Å². The molecule has 0 aliphatic carbocycles. The lowest BCUT2D eigenvalue weighted by atomic mass is 9.83. The maximum atomic E-state index is 12.2. The lowest BCUT2D eigenvalue weighted by Crippen LogP contribution is -2.34. The Morgan fingerprint density at radius 1 is 1.45 bits per heavy atom. The first-order valence-electron chi connectivity index (χ1n) is 6.86. The highest BCUT2D eigenvalue weighted by molar-refractivity contribution is 5.96. The van der Waals surface area contributed by atoms with Gasteiger partial charge in [-0.1, -0.05) is 18.2 Å². The molecule has 1 aliphatic heterocycles. The summed E-state index contributed by atoms with van der Waals surface area (Å²) < 4.78 is 5.02. The second kappa shape index (κ2) is 6.38. The van der Waals surface area contributed by atoms with Gasteiger partial charge in [-0.15, -0.1) is 0 Å². The molecule has 0 fully saturated rings. The average Bonchev–Trinajstić information content (AvgIpc) is 2.46. The Bertz CT molecular complexity index is 666. The van der Waals surface area contributed by atoms with Crippen molar-refractivity contribution in [1.29, 1.82) is 0 Å². The summed E-state index contributed by atoms with van der Waals surface area (Å²) in [5, 5.41) is 13.8. The van der Waals surface area contributed by atoms with Crippen LogP contribution < -0.4 is 5.32 Å². The van der Waals surface area contributed by atoms with E-state index in [-0.39, 0.29) is 30.2 Å². The zero-order valence-electron chi connectivity index (χ0n) is 12.3. The van der Waals surface area contributed by atoms with Crippen molar-refractivity contribution in [1.82, 2.24) is 5.32 Å². The van der Waals surface area contributed by atoms with Crippen LogP contribution in [0.25, 0.3) is 0 Å². The van der Waals surface area contributed by atoms with Crippen LogP contribution in [0.1, 0.15) is 31.7 Å². The van der Waals surface area contributed by atoms with Gasteiger partial charge in [0.2, 0.25) is 5.91 Å². The molecule has 0 bridgehead atoms. The van der Waals surface area contributed by atoms with Crippen molar-refractivity contribution in [2.45, 2.75) is 26.2 Å². The highest BCUT2D eigenvalue weighted by atomic mass is 16.6. The first-order chi connectivity index (χ1) is 10.5. The van der Waals surface area contributed by atoms with E-state index in [1.165, 1.54) is 6.07 Å². The zero-order valence-corrected chi connectivity index (χ0v) is 12.3. The number of ether oxygens (including phenoxy) is 1. The number of hydrogen-bond donors (Lipinski definition) is 1. The number of para-hydroxylation sites is 1. The summed E-state index contributed by atoms with van der Waals surface area (Å²) in [6.45, 7) is 3.45. The SMILES string of the molecule is CCOC(=O)C1=C(C)NC(=O)C[C@H]1c1ccccc1[N+](=O)[O-]. The lowest BCUT2D eigenvalue weighted by Gasteiger charge is -2.26. The number of carbonyl (C=O) groups is 2. The highest BCUT2D eigenvalue weighted by Crippen LogP contribution is 2.37. The first-order valence-corrected chi connectivity index (χ1v) is 6.86. The number of nitro groups is 1. The topological polar surface area (TPSA) is 98.5 Å². The summed E-state index contributed by atoms with van der Waals surface area (Å²) in [4.78, 5) is 34.7. The molecule has 0 spiro atoms. The number of hydrogen-bond acceptors (Lipinski definition) is 5. The third-order valence-corrected chi connectivity index (χ3v) is 3.47. The molecule has 0 saturated heterocycles. The van der Waals surface area contributed by atoms with E-state index in [4.69, 9.17) is 4.74 Å². The summed E-state index contributed by atoms with van der Waals surface area (Å²) >= 11 is 0. The smallest absolute Gasteiger partial charge is 0.336 e. The maximum Gasteiger partial charge on any atom is 0.336 e. The van der Waals surface area contributed by atoms with Crippen LogP contribution in [-0.2, 0) is 14.3 Å². The van der Waals surface area contributed by atoms with Gasteiger partial charge in [-0.05, 0) is 13.8 Å². The second-order valence-electron chi connectivity index (χ2n) is 4.88. The first kappa shape index (κ1) is 15.7. The minimum Gasteiger partial charge on any atom is -0.463 e. The molecule has 116 valence electrons. The number of amides is 1. The molecular weight excluding hydrogens is 288 g/mol. The van der Waals surface area contributed by atoms with Gasteiger partial charge >= 0.3 is 5.97 Å². The largest absolute Gasteiger partial charge is 0.463 e. The van der Waals surface area contributed by atoms with E-state index >= 15 is 0 Å². The fraction of sp³-hybridized carbons (Fsp3) is 0.333. The molecule has 0 aromatic heterocycles. The van der Waals surface area contributed by atoms with Crippen LogP contribution in [0.15, 0.2) is 35.5 Å². The number of rotatable bonds is 4. The Morgan fingerprint density at radius 2 is 2.14 bits per heavy atom. The predicted molar refractivity (Wildman–Crippen MR) is 77.9 cm³/mol. The van der Waals surface area contributed by atoms with Gasteiger partial charge in [-0.3, -0.25) is 14.9 Å². The molecule has 0 saturated carbocycles. The number of nitro benzene ring substituents is 1. The van der Waals surface area contributed by atoms with Gasteiger partial charge in [0.1, 0.15) is 0 Å². The second-order valence-corrected chi connectivity index (χ2v) is 4.88. The lowest BCUT2D eigenvalue weighted by molar-refractivity contribution is -0.385. The number of nitrogens with zero attached hydrogens (tertiary/aromatic N) is 1. The molecular formula is C15H16N2O5. The third-order valence-electron chi connectivity index (χ3n) is 3.47. The Hall–Kier alpha value is -2.70. The Kier molecular flexibility index (Phi) is 4.55. The minimum atomic E-state index is -0.686. The van der Waals surface area contributed by atoms with Crippen LogP contribution in [0.2, 0.25) is 0 Å². The van der Waals surface area contributed by atoms with Crippen molar-refractivity contribution >= 4 is 17.6 Å². The van der Waals surface area contributed by atoms with Crippen molar-refractivity contribution in [3.05, 3.63) is 51.2 Å². The van der Waals surface area contributed by atoms with E-state index < -0.39 is 16.8 Å². The van der Waals surface area contributed by atoms with E-state index in [1.807, 2.05) is 0 Å². The molecule has 7 nitrogen and oxygen atoms in total. The Labute approximate surface area is 127 Å². The molecule has 1 aromatic rings. The quantitative estimate of drug-likeness (QED) is 0.521. The van der Waals surface area contributed by atoms with E-state index in [2.05, 4.69) is 5.32 Å². The summed E-state index contributed by atoms with van der Waals surface area (Å²) in [6, 6.07) is 6.12. The van der Waals surface area contributed by atoms with Crippen LogP contribution >= 0.6 is 0 Å². The third kappa shape index (κ3) is 2.98. The summed E-state index contributed by atoms with van der Waals surface area (Å²) in [5.74, 6) is -1.54. The molecule has 22 heavy (non-hydrogen) atoms. The predicted octanol–water partition coefficient (Wildman–Crippen LogP) is 2.04. The van der Waals surface area contributed by atoms with Crippen LogP contribution in [0.3, 0.4) is 0 Å². The maximum absolute atomic E-state index is 12.2. The fourth-order valence-corrected chi connectivity index (χ4v) is 2.59. The molecule has 0 radical (unpaired) electrons. The molecule has 1 aromatic carbocycles. The number of benzene rings is 1. The summed E-state index contributed by atoms with van der Waals surface area (Å²) in [5.41, 5.74) is 0.857. The molecule has 7 heteroatoms. The molecule has 1 heterocycles. The van der Waals surface area contributed by atoms with Crippen molar-refractivity contribution in [2.24, 2.45) is 0 Å². The van der Waals surface area contributed by atoms with Gasteiger partial charge in [0.25, 0.3) is 5.69 Å². The normalized spacial score (nSPS) is 17.9. The fourth-order valence-electron chi connectivity index (χ4n) is 2.59. The number of nitrogens with one attached hydrogen (secondary N) is 1. The van der Waals surface area contributed by atoms with Gasteiger partial charge in [-0.25, -0.2) is 4.79 Å². The Balaban J connectivity index is 2.55. The van der Waals surface area contributed by atoms with E-state index in [1.54, 1.807) is 32.0 Å². The van der Waals surface area contributed by atoms with Crippen molar-refractivity contribution in [2.75, 3.05) is 6.61 Å². The standard InChI is InChI=1S/C15H16N2O5/c1-3-22-15(19)14-9(2)16-13(18)8-11(14)10-6-4-5-7-12(10)17(20)21/h4-7,11H,3,8H2,1-2H3,(H,16,18)/t11-/m0/s1.